The normalized spacial score (nSPS) is 15.2. The predicted molar refractivity (Wildman–Crippen MR) is 102 cm³/mol. The minimum Gasteiger partial charge on any atom is -0.473 e. The molecule has 1 aromatic heterocycles. The summed E-state index contributed by atoms with van der Waals surface area (Å²) in [4.78, 5) is 26.7. The van der Waals surface area contributed by atoms with Crippen molar-refractivity contribution >= 4 is 11.9 Å². The van der Waals surface area contributed by atoms with Crippen molar-refractivity contribution in [2.24, 2.45) is 0 Å². The topological polar surface area (TPSA) is 94.0 Å². The molecule has 0 radical (unpaired) electrons. The van der Waals surface area contributed by atoms with Gasteiger partial charge in [-0.2, -0.15) is 13.2 Å². The van der Waals surface area contributed by atoms with Crippen LogP contribution in [0.4, 0.5) is 13.2 Å². The molecule has 2 N–H and O–H groups in total. The van der Waals surface area contributed by atoms with E-state index in [4.69, 9.17) is 19.8 Å². The van der Waals surface area contributed by atoms with Crippen LogP contribution in [0.25, 0.3) is 0 Å². The Morgan fingerprint density at radius 3 is 1.97 bits per heavy atom. The molecule has 0 saturated carbocycles. The van der Waals surface area contributed by atoms with Crippen molar-refractivity contribution in [3.05, 3.63) is 65.5 Å². The number of rotatable bonds is 4. The Hall–Kier alpha value is -2.98. The van der Waals surface area contributed by atoms with E-state index in [2.05, 4.69) is 14.8 Å². The highest BCUT2D eigenvalue weighted by Gasteiger charge is 2.33. The van der Waals surface area contributed by atoms with Crippen LogP contribution in [0, 0.1) is 0 Å². The molecule has 162 valence electrons. The van der Waals surface area contributed by atoms with E-state index in [0.29, 0.717) is 12.1 Å². The number of aliphatic carboxylic acids is 2. The van der Waals surface area contributed by atoms with Crippen LogP contribution in [-0.4, -0.2) is 63.1 Å². The average molecular weight is 425 g/mol. The minimum absolute atomic E-state index is 0.344. The fourth-order valence-electron chi connectivity index (χ4n) is 3.03. The van der Waals surface area contributed by atoms with Gasteiger partial charge in [-0.3, -0.25) is 14.8 Å². The van der Waals surface area contributed by atoms with E-state index in [0.717, 1.165) is 44.4 Å². The number of aromatic nitrogens is 1. The van der Waals surface area contributed by atoms with Crippen LogP contribution >= 0.6 is 0 Å². The van der Waals surface area contributed by atoms with E-state index in [-0.39, 0.29) is 0 Å². The van der Waals surface area contributed by atoms with E-state index >= 15 is 0 Å². The number of hydrogen-bond donors (Lipinski definition) is 2. The monoisotopic (exact) mass is 425 g/mol. The van der Waals surface area contributed by atoms with Crippen molar-refractivity contribution in [3.63, 3.8) is 0 Å². The number of nitrogens with zero attached hydrogens (tertiary/aromatic N) is 3. The maximum atomic E-state index is 13.1. The van der Waals surface area contributed by atoms with Crippen LogP contribution in [0.5, 0.6) is 0 Å². The molecular formula is C20H22F3N3O4. The summed E-state index contributed by atoms with van der Waals surface area (Å²) in [7, 11) is 0. The zero-order valence-electron chi connectivity index (χ0n) is 16.0. The van der Waals surface area contributed by atoms with Gasteiger partial charge < -0.3 is 10.2 Å². The van der Waals surface area contributed by atoms with Crippen LogP contribution in [0.2, 0.25) is 0 Å². The molecule has 3 rings (SSSR count). The second kappa shape index (κ2) is 10.7. The standard InChI is InChI=1S/C18H20F3N3.C2H2O4/c19-18(20,21)17-6-2-1-5-16(17)14-24-10-8-23(9-11-24)13-15-4-3-7-22-12-15;3-1(4)2(5)6/h1-7,12H,8-11,13-14H2;(H,3,4)(H,5,6). The number of alkyl halides is 3. The van der Waals surface area contributed by atoms with E-state index in [1.165, 1.54) is 6.07 Å². The molecule has 2 heterocycles. The molecule has 0 spiro atoms. The molecule has 1 saturated heterocycles. The lowest BCUT2D eigenvalue weighted by atomic mass is 10.1. The third-order valence-corrected chi connectivity index (χ3v) is 4.49. The van der Waals surface area contributed by atoms with Crippen LogP contribution in [-0.2, 0) is 28.9 Å². The number of halogens is 3. The number of carboxylic acids is 2. The fraction of sp³-hybridized carbons (Fsp3) is 0.350. The van der Waals surface area contributed by atoms with Crippen molar-refractivity contribution in [2.45, 2.75) is 19.3 Å². The number of carbonyl (C=O) groups is 2. The highest BCUT2D eigenvalue weighted by Crippen LogP contribution is 2.32. The van der Waals surface area contributed by atoms with Crippen molar-refractivity contribution in [1.29, 1.82) is 0 Å². The smallest absolute Gasteiger partial charge is 0.416 e. The SMILES string of the molecule is FC(F)(F)c1ccccc1CN1CCN(Cc2cccnc2)CC1.O=C(O)C(=O)O. The number of piperazine rings is 1. The van der Waals surface area contributed by atoms with Gasteiger partial charge in [-0.05, 0) is 23.3 Å². The Balaban J connectivity index is 0.000000469. The molecule has 30 heavy (non-hydrogen) atoms. The Morgan fingerprint density at radius 2 is 1.47 bits per heavy atom. The lowest BCUT2D eigenvalue weighted by Crippen LogP contribution is -2.45. The maximum absolute atomic E-state index is 13.1. The van der Waals surface area contributed by atoms with E-state index in [9.17, 15) is 13.2 Å². The summed E-state index contributed by atoms with van der Waals surface area (Å²) in [6.45, 7) is 4.42. The van der Waals surface area contributed by atoms with E-state index in [1.54, 1.807) is 18.3 Å². The zero-order valence-corrected chi connectivity index (χ0v) is 16.0. The molecule has 0 amide bonds. The molecule has 0 bridgehead atoms. The number of hydrogen-bond acceptors (Lipinski definition) is 5. The second-order valence-electron chi connectivity index (χ2n) is 6.68. The van der Waals surface area contributed by atoms with Gasteiger partial charge in [0.15, 0.2) is 0 Å². The van der Waals surface area contributed by atoms with Crippen LogP contribution < -0.4 is 0 Å². The molecule has 1 aliphatic rings. The van der Waals surface area contributed by atoms with Crippen LogP contribution in [0.3, 0.4) is 0 Å². The Bertz CT molecular complexity index is 827. The second-order valence-corrected chi connectivity index (χ2v) is 6.68. The molecular weight excluding hydrogens is 403 g/mol. The summed E-state index contributed by atoms with van der Waals surface area (Å²) < 4.78 is 39.2. The van der Waals surface area contributed by atoms with Crippen molar-refractivity contribution in [1.82, 2.24) is 14.8 Å². The quantitative estimate of drug-likeness (QED) is 0.727. The first-order valence-corrected chi connectivity index (χ1v) is 9.11. The van der Waals surface area contributed by atoms with Gasteiger partial charge in [0.2, 0.25) is 0 Å². The molecule has 10 heteroatoms. The molecule has 1 aliphatic heterocycles. The maximum Gasteiger partial charge on any atom is 0.416 e. The molecule has 1 fully saturated rings. The number of pyridine rings is 1. The third kappa shape index (κ3) is 7.45. The van der Waals surface area contributed by atoms with Gasteiger partial charge in [-0.1, -0.05) is 24.3 Å². The van der Waals surface area contributed by atoms with E-state index < -0.39 is 23.7 Å². The van der Waals surface area contributed by atoms with Gasteiger partial charge in [0.05, 0.1) is 5.56 Å². The first-order valence-electron chi connectivity index (χ1n) is 9.11. The Morgan fingerprint density at radius 1 is 0.900 bits per heavy atom. The highest BCUT2D eigenvalue weighted by molar-refractivity contribution is 6.27. The van der Waals surface area contributed by atoms with Gasteiger partial charge >= 0.3 is 18.1 Å². The summed E-state index contributed by atoms with van der Waals surface area (Å²) in [5.41, 5.74) is 0.988. The summed E-state index contributed by atoms with van der Waals surface area (Å²) >= 11 is 0. The minimum atomic E-state index is -4.29. The van der Waals surface area contributed by atoms with Gasteiger partial charge in [0, 0.05) is 51.7 Å². The van der Waals surface area contributed by atoms with Crippen LogP contribution in [0.1, 0.15) is 16.7 Å². The van der Waals surface area contributed by atoms with Gasteiger partial charge in [-0.25, -0.2) is 9.59 Å². The van der Waals surface area contributed by atoms with Gasteiger partial charge in [-0.15, -0.1) is 0 Å². The van der Waals surface area contributed by atoms with Gasteiger partial charge in [0.25, 0.3) is 0 Å². The molecule has 0 aliphatic carbocycles. The largest absolute Gasteiger partial charge is 0.473 e. The first kappa shape index (κ1) is 23.3. The Labute approximate surface area is 171 Å². The molecule has 1 aromatic carbocycles. The lowest BCUT2D eigenvalue weighted by molar-refractivity contribution is -0.159. The summed E-state index contributed by atoms with van der Waals surface area (Å²) in [5, 5.41) is 14.8. The number of benzene rings is 1. The Kier molecular flexibility index (Phi) is 8.31. The van der Waals surface area contributed by atoms with E-state index in [1.807, 2.05) is 18.3 Å². The molecule has 7 nitrogen and oxygen atoms in total. The van der Waals surface area contributed by atoms with Crippen molar-refractivity contribution < 1.29 is 33.0 Å². The van der Waals surface area contributed by atoms with Crippen molar-refractivity contribution in [3.8, 4) is 0 Å². The fourth-order valence-corrected chi connectivity index (χ4v) is 3.03. The summed E-state index contributed by atoms with van der Waals surface area (Å²) in [5.74, 6) is -3.65. The predicted octanol–water partition coefficient (Wildman–Crippen LogP) is 2.57. The van der Waals surface area contributed by atoms with Crippen LogP contribution in [0.15, 0.2) is 48.8 Å². The third-order valence-electron chi connectivity index (χ3n) is 4.49. The molecule has 2 aromatic rings. The van der Waals surface area contributed by atoms with Gasteiger partial charge in [0.1, 0.15) is 0 Å². The summed E-state index contributed by atoms with van der Waals surface area (Å²) in [6, 6.07) is 9.80. The van der Waals surface area contributed by atoms with Crippen molar-refractivity contribution in [2.75, 3.05) is 26.2 Å². The highest BCUT2D eigenvalue weighted by atomic mass is 19.4. The first-order chi connectivity index (χ1) is 14.2. The summed E-state index contributed by atoms with van der Waals surface area (Å²) in [6.07, 6.45) is -0.690. The zero-order chi connectivity index (χ0) is 22.1. The molecule has 0 atom stereocenters. The lowest BCUT2D eigenvalue weighted by Gasteiger charge is -2.35. The number of carboxylic acid groups (broad SMARTS) is 2. The molecule has 0 unspecified atom stereocenters. The average Bonchev–Trinajstić information content (AvgIpc) is 2.70.